The van der Waals surface area contributed by atoms with Gasteiger partial charge in [-0.05, 0) is 59.7 Å². The van der Waals surface area contributed by atoms with E-state index in [0.29, 0.717) is 0 Å². The molecular formula is C34H55NaO3S. The van der Waals surface area contributed by atoms with E-state index in [2.05, 4.69) is 26.0 Å². The summed E-state index contributed by atoms with van der Waals surface area (Å²) in [5.74, 6) is 0. The monoisotopic (exact) mass is 566 g/mol. The summed E-state index contributed by atoms with van der Waals surface area (Å²) in [6.07, 6.45) is 28.0. The molecule has 0 N–H and O–H groups in total. The van der Waals surface area contributed by atoms with Crippen LogP contribution in [0.25, 0.3) is 10.8 Å². The molecule has 0 saturated heterocycles. The van der Waals surface area contributed by atoms with Gasteiger partial charge in [0.05, 0.1) is 4.90 Å². The summed E-state index contributed by atoms with van der Waals surface area (Å²) >= 11 is 0. The third-order valence-corrected chi connectivity index (χ3v) is 8.80. The first-order valence-electron chi connectivity index (χ1n) is 16.0. The number of hydrogen-bond donors (Lipinski definition) is 0. The van der Waals surface area contributed by atoms with Crippen LogP contribution >= 0.6 is 0 Å². The average Bonchev–Trinajstić information content (AvgIpc) is 2.90. The number of rotatable bonds is 23. The molecule has 39 heavy (non-hydrogen) atoms. The van der Waals surface area contributed by atoms with Crippen molar-refractivity contribution in [3.63, 3.8) is 0 Å². The second kappa shape index (κ2) is 22.2. The van der Waals surface area contributed by atoms with Crippen LogP contribution in [-0.4, -0.2) is 13.0 Å². The maximum atomic E-state index is 11.8. The third kappa shape index (κ3) is 16.0. The molecule has 2 aromatic rings. The van der Waals surface area contributed by atoms with E-state index in [4.69, 9.17) is 0 Å². The van der Waals surface area contributed by atoms with Gasteiger partial charge in [0.1, 0.15) is 10.1 Å². The van der Waals surface area contributed by atoms with Crippen molar-refractivity contribution in [1.82, 2.24) is 0 Å². The Hall–Kier alpha value is -0.390. The molecule has 0 aliphatic rings. The van der Waals surface area contributed by atoms with Crippen molar-refractivity contribution in [2.24, 2.45) is 0 Å². The zero-order valence-electron chi connectivity index (χ0n) is 25.6. The van der Waals surface area contributed by atoms with E-state index >= 15 is 0 Å². The van der Waals surface area contributed by atoms with Gasteiger partial charge in [-0.15, -0.1) is 0 Å². The van der Waals surface area contributed by atoms with Crippen LogP contribution in [0.4, 0.5) is 0 Å². The van der Waals surface area contributed by atoms with Crippen LogP contribution in [0.1, 0.15) is 153 Å². The third-order valence-electron chi connectivity index (χ3n) is 7.99. The molecule has 5 heteroatoms. The van der Waals surface area contributed by atoms with Crippen LogP contribution < -0.4 is 29.6 Å². The van der Waals surface area contributed by atoms with Gasteiger partial charge in [0, 0.05) is 0 Å². The van der Waals surface area contributed by atoms with Crippen LogP contribution in [0.15, 0.2) is 35.2 Å². The molecule has 2 aromatic carbocycles. The topological polar surface area (TPSA) is 57.2 Å². The minimum absolute atomic E-state index is 0. The fourth-order valence-electron chi connectivity index (χ4n) is 5.58. The molecule has 0 spiro atoms. The van der Waals surface area contributed by atoms with Crippen LogP contribution in [0, 0.1) is 0 Å². The summed E-state index contributed by atoms with van der Waals surface area (Å²) in [7, 11) is -4.46. The summed E-state index contributed by atoms with van der Waals surface area (Å²) in [5.41, 5.74) is 2.33. The van der Waals surface area contributed by atoms with E-state index in [1.165, 1.54) is 121 Å². The largest absolute Gasteiger partial charge is 1.00 e. The van der Waals surface area contributed by atoms with Gasteiger partial charge >= 0.3 is 29.6 Å². The van der Waals surface area contributed by atoms with Crippen molar-refractivity contribution in [1.29, 1.82) is 0 Å². The Morgan fingerprint density at radius 3 is 1.46 bits per heavy atom. The first-order chi connectivity index (χ1) is 18.5. The smallest absolute Gasteiger partial charge is 0.744 e. The van der Waals surface area contributed by atoms with Gasteiger partial charge in [0.15, 0.2) is 0 Å². The first-order valence-corrected chi connectivity index (χ1v) is 17.4. The van der Waals surface area contributed by atoms with E-state index in [1.54, 1.807) is 12.1 Å². The first kappa shape index (κ1) is 36.6. The van der Waals surface area contributed by atoms with Crippen molar-refractivity contribution in [2.45, 2.75) is 160 Å². The molecule has 0 aromatic heterocycles. The molecule has 0 aliphatic carbocycles. The van der Waals surface area contributed by atoms with Crippen molar-refractivity contribution in [3.05, 3.63) is 41.5 Å². The fraction of sp³-hybridized carbons (Fsp3) is 0.706. The molecule has 0 radical (unpaired) electrons. The van der Waals surface area contributed by atoms with Crippen molar-refractivity contribution >= 4 is 20.9 Å². The van der Waals surface area contributed by atoms with Crippen molar-refractivity contribution < 1.29 is 42.5 Å². The summed E-state index contributed by atoms with van der Waals surface area (Å²) in [4.78, 5) is -0.0884. The van der Waals surface area contributed by atoms with Gasteiger partial charge in [-0.1, -0.05) is 148 Å². The zero-order valence-corrected chi connectivity index (χ0v) is 28.4. The van der Waals surface area contributed by atoms with E-state index in [0.717, 1.165) is 42.0 Å². The van der Waals surface area contributed by atoms with Crippen LogP contribution in [-0.2, 0) is 23.0 Å². The number of hydrogen-bond acceptors (Lipinski definition) is 3. The Labute approximate surface area is 263 Å². The van der Waals surface area contributed by atoms with Crippen molar-refractivity contribution in [2.75, 3.05) is 0 Å². The van der Waals surface area contributed by atoms with E-state index in [9.17, 15) is 13.0 Å². The van der Waals surface area contributed by atoms with Crippen molar-refractivity contribution in [3.8, 4) is 0 Å². The maximum Gasteiger partial charge on any atom is 1.00 e. The Morgan fingerprint density at radius 1 is 0.564 bits per heavy atom. The molecule has 0 amide bonds. The Morgan fingerprint density at radius 2 is 1.00 bits per heavy atom. The average molecular weight is 567 g/mol. The Balaban J connectivity index is 0.00000760. The minimum atomic E-state index is -4.46. The Bertz CT molecular complexity index is 1000. The van der Waals surface area contributed by atoms with Gasteiger partial charge in [0.25, 0.3) is 0 Å². The van der Waals surface area contributed by atoms with Gasteiger partial charge in [-0.3, -0.25) is 0 Å². The van der Waals surface area contributed by atoms with E-state index < -0.39 is 10.1 Å². The number of unbranched alkanes of at least 4 members (excludes halogenated alkanes) is 18. The molecule has 0 heterocycles. The normalized spacial score (nSPS) is 11.7. The standard InChI is InChI=1S/C34H56O3S.Na/c1-3-5-7-9-11-13-15-17-19-21-23-30-25-26-32-29-33(38(35,36)37)28-31(34(32)27-30)24-22-20-18-16-14-12-10-8-6-4-2;/h25-29H,3-24H2,1-2H3,(H,35,36,37);/q;+1/p-1. The van der Waals surface area contributed by atoms with Crippen LogP contribution in [0.3, 0.4) is 0 Å². The van der Waals surface area contributed by atoms with E-state index in [-0.39, 0.29) is 34.5 Å². The second-order valence-corrected chi connectivity index (χ2v) is 12.8. The fourth-order valence-corrected chi connectivity index (χ4v) is 6.14. The summed E-state index contributed by atoms with van der Waals surface area (Å²) in [6.45, 7) is 4.52. The maximum absolute atomic E-state index is 11.8. The molecule has 0 aliphatic heterocycles. The van der Waals surface area contributed by atoms with Gasteiger partial charge in [0.2, 0.25) is 0 Å². The minimum Gasteiger partial charge on any atom is -0.744 e. The molecule has 0 unspecified atom stereocenters. The molecule has 216 valence electrons. The predicted molar refractivity (Wildman–Crippen MR) is 163 cm³/mol. The second-order valence-electron chi connectivity index (χ2n) is 11.5. The summed E-state index contributed by atoms with van der Waals surface area (Å²) < 4.78 is 35.4. The van der Waals surface area contributed by atoms with Crippen LogP contribution in [0.2, 0.25) is 0 Å². The molecule has 0 saturated carbocycles. The molecule has 2 rings (SSSR count). The van der Waals surface area contributed by atoms with E-state index in [1.807, 2.05) is 6.07 Å². The quantitative estimate of drug-likeness (QED) is 0.0788. The van der Waals surface area contributed by atoms with Gasteiger partial charge in [-0.25, -0.2) is 8.42 Å². The molecule has 0 bridgehead atoms. The number of aryl methyl sites for hydroxylation is 2. The zero-order chi connectivity index (χ0) is 27.5. The van der Waals surface area contributed by atoms with Crippen LogP contribution in [0.5, 0.6) is 0 Å². The molecule has 0 atom stereocenters. The SMILES string of the molecule is CCCCCCCCCCCCc1ccc2cc(S(=O)(=O)[O-])cc(CCCCCCCCCCCC)c2c1.[Na+]. The molecular weight excluding hydrogens is 511 g/mol. The number of fused-ring (bicyclic) bond motifs is 1. The van der Waals surface area contributed by atoms with Gasteiger partial charge in [-0.2, -0.15) is 0 Å². The number of benzene rings is 2. The Kier molecular flexibility index (Phi) is 20.9. The molecule has 3 nitrogen and oxygen atoms in total. The van der Waals surface area contributed by atoms with Gasteiger partial charge < -0.3 is 4.55 Å². The summed E-state index contributed by atoms with van der Waals surface area (Å²) in [6, 6.07) is 9.57. The predicted octanol–water partition coefficient (Wildman–Crippen LogP) is 7.67. The molecule has 0 fully saturated rings. The summed E-state index contributed by atoms with van der Waals surface area (Å²) in [5, 5.41) is 1.99.